The minimum absolute atomic E-state index is 0.0159. The lowest BCUT2D eigenvalue weighted by Crippen LogP contribution is -2.52. The highest BCUT2D eigenvalue weighted by atomic mass is 16.5. The number of likely N-dealkylation sites (tertiary alicyclic amines) is 1. The van der Waals surface area contributed by atoms with Crippen LogP contribution in [0.2, 0.25) is 0 Å². The van der Waals surface area contributed by atoms with Crippen LogP contribution in [0.15, 0.2) is 48.8 Å². The number of carbonyl (C=O) groups excluding carboxylic acids is 2. The molecule has 4 fully saturated rings. The molecule has 2 amide bonds. The Morgan fingerprint density at radius 1 is 1.00 bits per heavy atom. The van der Waals surface area contributed by atoms with E-state index in [1.165, 1.54) is 25.7 Å². The molecule has 3 atom stereocenters. The summed E-state index contributed by atoms with van der Waals surface area (Å²) in [4.78, 5) is 33.8. The molecule has 0 radical (unpaired) electrons. The van der Waals surface area contributed by atoms with E-state index in [1.54, 1.807) is 6.20 Å². The summed E-state index contributed by atoms with van der Waals surface area (Å²) in [6.07, 6.45) is 11.6. The van der Waals surface area contributed by atoms with E-state index in [4.69, 9.17) is 4.74 Å². The van der Waals surface area contributed by atoms with Gasteiger partial charge in [0.2, 0.25) is 11.8 Å². The van der Waals surface area contributed by atoms with Crippen LogP contribution >= 0.6 is 0 Å². The van der Waals surface area contributed by atoms with Crippen molar-refractivity contribution in [1.29, 1.82) is 0 Å². The van der Waals surface area contributed by atoms with Crippen molar-refractivity contribution in [2.45, 2.75) is 51.0 Å². The number of ether oxygens (including phenoxy) is 1. The van der Waals surface area contributed by atoms with Crippen LogP contribution in [0.3, 0.4) is 0 Å². The Labute approximate surface area is 213 Å². The second kappa shape index (κ2) is 10.1. The Morgan fingerprint density at radius 2 is 1.81 bits per heavy atom. The van der Waals surface area contributed by atoms with Gasteiger partial charge in [-0.1, -0.05) is 6.42 Å². The van der Waals surface area contributed by atoms with Gasteiger partial charge in [-0.15, -0.1) is 0 Å². The van der Waals surface area contributed by atoms with E-state index >= 15 is 0 Å². The third-order valence-corrected chi connectivity index (χ3v) is 8.80. The molecule has 1 aromatic carbocycles. The van der Waals surface area contributed by atoms with Crippen LogP contribution in [-0.4, -0.2) is 54.0 Å². The number of nitrogens with zero attached hydrogens (tertiary/aromatic N) is 3. The van der Waals surface area contributed by atoms with Crippen molar-refractivity contribution in [2.24, 2.45) is 23.7 Å². The number of pyridine rings is 1. The molecular formula is C29H36N4O3. The fraction of sp³-hybridized carbons (Fsp3) is 0.552. The number of fused-ring (bicyclic) bond motifs is 2. The van der Waals surface area contributed by atoms with Gasteiger partial charge in [-0.3, -0.25) is 14.6 Å². The number of aromatic nitrogens is 1. The summed E-state index contributed by atoms with van der Waals surface area (Å²) in [7, 11) is 0. The molecule has 190 valence electrons. The zero-order valence-electron chi connectivity index (χ0n) is 20.9. The number of nitrogens with one attached hydrogen (secondary N) is 1. The van der Waals surface area contributed by atoms with E-state index < -0.39 is 0 Å². The van der Waals surface area contributed by atoms with Gasteiger partial charge in [0.25, 0.3) is 0 Å². The van der Waals surface area contributed by atoms with E-state index in [1.807, 2.05) is 42.6 Å². The average molecular weight is 489 g/mol. The molecule has 1 aromatic heterocycles. The molecule has 2 aliphatic carbocycles. The summed E-state index contributed by atoms with van der Waals surface area (Å²) in [6, 6.07) is 11.6. The first-order valence-corrected chi connectivity index (χ1v) is 13.6. The first-order valence-electron chi connectivity index (χ1n) is 13.6. The molecular weight excluding hydrogens is 452 g/mol. The summed E-state index contributed by atoms with van der Waals surface area (Å²) < 4.78 is 6.20. The van der Waals surface area contributed by atoms with E-state index in [9.17, 15) is 9.59 Å². The summed E-state index contributed by atoms with van der Waals surface area (Å²) in [6.45, 7) is 3.00. The topological polar surface area (TPSA) is 74.8 Å². The van der Waals surface area contributed by atoms with Crippen molar-refractivity contribution < 1.29 is 14.3 Å². The van der Waals surface area contributed by atoms with E-state index in [2.05, 4.69) is 20.1 Å². The normalized spacial score (nSPS) is 26.1. The number of rotatable bonds is 7. The van der Waals surface area contributed by atoms with Crippen molar-refractivity contribution in [3.63, 3.8) is 0 Å². The number of hydrogen-bond donors (Lipinski definition) is 1. The van der Waals surface area contributed by atoms with Crippen molar-refractivity contribution >= 4 is 23.2 Å². The molecule has 2 unspecified atom stereocenters. The second-order valence-corrected chi connectivity index (χ2v) is 11.2. The van der Waals surface area contributed by atoms with Gasteiger partial charge in [-0.2, -0.15) is 0 Å². The zero-order chi connectivity index (χ0) is 24.5. The van der Waals surface area contributed by atoms with E-state index in [-0.39, 0.29) is 17.9 Å². The molecule has 7 nitrogen and oxygen atoms in total. The second-order valence-electron chi connectivity index (χ2n) is 11.2. The largest absolute Gasteiger partial charge is 0.490 e. The maximum Gasteiger partial charge on any atom is 0.231 e. The van der Waals surface area contributed by atoms with Crippen molar-refractivity contribution in [1.82, 2.24) is 9.88 Å². The molecule has 2 saturated carbocycles. The number of benzene rings is 1. The van der Waals surface area contributed by atoms with Crippen LogP contribution in [0.1, 0.15) is 44.9 Å². The molecule has 4 aliphatic rings. The molecule has 2 aliphatic heterocycles. The zero-order valence-corrected chi connectivity index (χ0v) is 20.9. The lowest BCUT2D eigenvalue weighted by Gasteiger charge is -2.39. The SMILES string of the molecule is O=C(Nc1ccc(OC2CCN(C(=O)CC3CC4CC[C@H]3C4)CC2)cc1)C1CN(c2cccnc2)C1. The third-order valence-electron chi connectivity index (χ3n) is 8.80. The summed E-state index contributed by atoms with van der Waals surface area (Å²) in [5, 5.41) is 3.02. The van der Waals surface area contributed by atoms with Crippen LogP contribution in [0.25, 0.3) is 0 Å². The molecule has 7 heteroatoms. The molecule has 3 heterocycles. The Hall–Kier alpha value is -3.09. The molecule has 1 N–H and O–H groups in total. The van der Waals surface area contributed by atoms with Gasteiger partial charge in [-0.25, -0.2) is 0 Å². The fourth-order valence-electron chi connectivity index (χ4n) is 6.65. The van der Waals surface area contributed by atoms with Gasteiger partial charge in [-0.05, 0) is 73.4 Å². The molecule has 2 bridgehead atoms. The Morgan fingerprint density at radius 3 is 2.47 bits per heavy atom. The summed E-state index contributed by atoms with van der Waals surface area (Å²) >= 11 is 0. The van der Waals surface area contributed by atoms with Gasteiger partial charge in [0.15, 0.2) is 0 Å². The van der Waals surface area contributed by atoms with Gasteiger partial charge in [0.1, 0.15) is 11.9 Å². The highest BCUT2D eigenvalue weighted by molar-refractivity contribution is 5.94. The predicted octanol–water partition coefficient (Wildman–Crippen LogP) is 4.35. The minimum atomic E-state index is -0.0159. The molecule has 6 rings (SSSR count). The van der Waals surface area contributed by atoms with Crippen LogP contribution in [0.4, 0.5) is 11.4 Å². The van der Waals surface area contributed by atoms with Crippen molar-refractivity contribution in [3.05, 3.63) is 48.8 Å². The standard InChI is InChI=1S/C29H36N4O3/c34-28(16-22-15-20-3-4-21(22)14-20)32-12-9-27(10-13-32)36-26-7-5-24(6-8-26)31-29(35)23-18-33(19-23)25-2-1-11-30-17-25/h1-2,5-8,11,17,20-23,27H,3-4,9-10,12-16,18-19H2,(H,31,35)/t20?,21-,22?/m0/s1. The molecule has 2 saturated heterocycles. The maximum atomic E-state index is 12.8. The summed E-state index contributed by atoms with van der Waals surface area (Å²) in [5.41, 5.74) is 1.84. The predicted molar refractivity (Wildman–Crippen MR) is 139 cm³/mol. The summed E-state index contributed by atoms with van der Waals surface area (Å²) in [5.74, 6) is 3.53. The van der Waals surface area contributed by atoms with Crippen LogP contribution in [-0.2, 0) is 9.59 Å². The lowest BCUT2D eigenvalue weighted by atomic mass is 9.86. The molecule has 0 spiro atoms. The molecule has 36 heavy (non-hydrogen) atoms. The van der Waals surface area contributed by atoms with Crippen LogP contribution in [0.5, 0.6) is 5.75 Å². The lowest BCUT2D eigenvalue weighted by molar-refractivity contribution is -0.134. The van der Waals surface area contributed by atoms with Gasteiger partial charge >= 0.3 is 0 Å². The quantitative estimate of drug-likeness (QED) is 0.627. The number of piperidine rings is 1. The van der Waals surface area contributed by atoms with Crippen molar-refractivity contribution in [2.75, 3.05) is 36.4 Å². The monoisotopic (exact) mass is 488 g/mol. The van der Waals surface area contributed by atoms with Gasteiger partial charge < -0.3 is 19.9 Å². The number of amides is 2. The van der Waals surface area contributed by atoms with Crippen LogP contribution in [0, 0.1) is 23.7 Å². The number of hydrogen-bond acceptors (Lipinski definition) is 5. The first kappa shape index (κ1) is 23.3. The van der Waals surface area contributed by atoms with Gasteiger partial charge in [0, 0.05) is 57.3 Å². The van der Waals surface area contributed by atoms with Crippen molar-refractivity contribution in [3.8, 4) is 5.75 Å². The molecule has 2 aromatic rings. The van der Waals surface area contributed by atoms with Crippen LogP contribution < -0.4 is 15.0 Å². The number of anilines is 2. The minimum Gasteiger partial charge on any atom is -0.490 e. The highest BCUT2D eigenvalue weighted by Crippen LogP contribution is 2.49. The average Bonchev–Trinajstić information content (AvgIpc) is 3.49. The number of carbonyl (C=O) groups is 2. The van der Waals surface area contributed by atoms with E-state index in [0.29, 0.717) is 24.9 Å². The third kappa shape index (κ3) is 5.06. The first-order chi connectivity index (χ1) is 17.6. The highest BCUT2D eigenvalue weighted by Gasteiger charge is 2.41. The van der Waals surface area contributed by atoms with Gasteiger partial charge in [0.05, 0.1) is 17.8 Å². The maximum absolute atomic E-state index is 12.8. The Bertz CT molecular complexity index is 1060. The smallest absolute Gasteiger partial charge is 0.231 e. The Kier molecular flexibility index (Phi) is 6.55. The van der Waals surface area contributed by atoms with E-state index in [0.717, 1.165) is 61.3 Å². The fourth-order valence-corrected chi connectivity index (χ4v) is 6.65. The Balaban J connectivity index is 0.918.